The van der Waals surface area contributed by atoms with Gasteiger partial charge in [-0.05, 0) is 50.6 Å². The normalized spacial score (nSPS) is 21.1. The zero-order chi connectivity index (χ0) is 22.6. The van der Waals surface area contributed by atoms with Crippen LogP contribution in [0.25, 0.3) is 0 Å². The number of anilines is 1. The van der Waals surface area contributed by atoms with Crippen LogP contribution in [0.5, 0.6) is 5.75 Å². The molecule has 0 radical (unpaired) electrons. The van der Waals surface area contributed by atoms with Gasteiger partial charge in [-0.3, -0.25) is 0 Å². The van der Waals surface area contributed by atoms with Crippen LogP contribution in [0.4, 0.5) is 10.5 Å². The van der Waals surface area contributed by atoms with Crippen molar-refractivity contribution in [2.45, 2.75) is 58.0 Å². The lowest BCUT2D eigenvalue weighted by molar-refractivity contribution is -0.0683. The summed E-state index contributed by atoms with van der Waals surface area (Å²) in [4.78, 5) is 16.3. The Morgan fingerprint density at radius 2 is 1.56 bits per heavy atom. The predicted octanol–water partition coefficient (Wildman–Crippen LogP) is 4.87. The van der Waals surface area contributed by atoms with E-state index in [1.165, 1.54) is 5.56 Å². The monoisotopic (exact) mass is 438 g/mol. The molecule has 0 spiro atoms. The smallest absolute Gasteiger partial charge is 0.410 e. The summed E-state index contributed by atoms with van der Waals surface area (Å²) in [6, 6.07) is 18.5. The number of rotatable bonds is 6. The van der Waals surface area contributed by atoms with Gasteiger partial charge in [-0.15, -0.1) is 0 Å². The molecule has 0 N–H and O–H groups in total. The van der Waals surface area contributed by atoms with E-state index in [1.54, 1.807) is 4.90 Å². The van der Waals surface area contributed by atoms with E-state index in [-0.39, 0.29) is 18.3 Å². The van der Waals surface area contributed by atoms with Crippen LogP contribution >= 0.6 is 0 Å². The van der Waals surface area contributed by atoms with Crippen LogP contribution in [-0.2, 0) is 16.1 Å². The maximum Gasteiger partial charge on any atom is 0.410 e. The number of carbonyl (C=O) groups excluding carboxylic acids is 1. The van der Waals surface area contributed by atoms with E-state index < -0.39 is 5.60 Å². The van der Waals surface area contributed by atoms with Crippen molar-refractivity contribution in [1.29, 1.82) is 0 Å². The van der Waals surface area contributed by atoms with Crippen molar-refractivity contribution < 1.29 is 19.0 Å². The molecule has 1 heterocycles. The lowest BCUT2D eigenvalue weighted by atomic mass is 9.92. The minimum absolute atomic E-state index is 0.221. The summed E-state index contributed by atoms with van der Waals surface area (Å²) in [6.07, 6.45) is 2.13. The third kappa shape index (κ3) is 6.16. The molecule has 4 rings (SSSR count). The predicted molar refractivity (Wildman–Crippen MR) is 125 cm³/mol. The first-order valence-corrected chi connectivity index (χ1v) is 11.5. The van der Waals surface area contributed by atoms with Crippen molar-refractivity contribution in [1.82, 2.24) is 4.90 Å². The molecule has 6 nitrogen and oxygen atoms in total. The van der Waals surface area contributed by atoms with Gasteiger partial charge in [0.2, 0.25) is 0 Å². The van der Waals surface area contributed by atoms with Crippen LogP contribution < -0.4 is 9.64 Å². The van der Waals surface area contributed by atoms with Gasteiger partial charge < -0.3 is 24.0 Å². The van der Waals surface area contributed by atoms with Crippen molar-refractivity contribution in [3.8, 4) is 5.75 Å². The zero-order valence-electron chi connectivity index (χ0n) is 19.3. The molecule has 0 unspecified atom stereocenters. The van der Waals surface area contributed by atoms with Crippen molar-refractivity contribution in [2.75, 3.05) is 31.1 Å². The van der Waals surface area contributed by atoms with Gasteiger partial charge in [0.25, 0.3) is 0 Å². The number of benzene rings is 2. The third-order valence-electron chi connectivity index (χ3n) is 5.82. The van der Waals surface area contributed by atoms with Gasteiger partial charge in [0.05, 0.1) is 12.7 Å². The topological polar surface area (TPSA) is 51.2 Å². The van der Waals surface area contributed by atoms with E-state index in [1.807, 2.05) is 51.1 Å². The molecule has 0 aromatic heterocycles. The molecular weight excluding hydrogens is 404 g/mol. The number of ether oxygens (including phenoxy) is 3. The highest BCUT2D eigenvalue weighted by molar-refractivity contribution is 5.68. The van der Waals surface area contributed by atoms with E-state index in [0.29, 0.717) is 19.7 Å². The van der Waals surface area contributed by atoms with Crippen LogP contribution in [0.15, 0.2) is 54.6 Å². The highest BCUT2D eigenvalue weighted by Gasteiger charge is 2.32. The molecule has 2 aromatic rings. The average molecular weight is 439 g/mol. The Morgan fingerprint density at radius 3 is 2.19 bits per heavy atom. The molecule has 1 saturated carbocycles. The molecular formula is C26H34N2O4. The summed E-state index contributed by atoms with van der Waals surface area (Å²) in [5.74, 6) is 0.896. The molecule has 6 heteroatoms. The van der Waals surface area contributed by atoms with Crippen LogP contribution in [0, 0.1) is 0 Å². The Morgan fingerprint density at radius 1 is 0.906 bits per heavy atom. The van der Waals surface area contributed by atoms with E-state index in [4.69, 9.17) is 14.2 Å². The molecule has 2 aliphatic rings. The molecule has 0 bridgehead atoms. The van der Waals surface area contributed by atoms with Gasteiger partial charge in [0.15, 0.2) is 0 Å². The van der Waals surface area contributed by atoms with Gasteiger partial charge in [0.1, 0.15) is 17.5 Å². The largest absolute Gasteiger partial charge is 0.490 e. The maximum absolute atomic E-state index is 12.2. The fourth-order valence-corrected chi connectivity index (χ4v) is 3.94. The Bertz CT molecular complexity index is 865. The fraction of sp³-hybridized carbons (Fsp3) is 0.500. The summed E-state index contributed by atoms with van der Waals surface area (Å²) in [6.45, 7) is 9.27. The Kier molecular flexibility index (Phi) is 6.89. The number of hydrogen-bond acceptors (Lipinski definition) is 5. The highest BCUT2D eigenvalue weighted by atomic mass is 16.6. The van der Waals surface area contributed by atoms with Crippen molar-refractivity contribution in [3.05, 3.63) is 60.2 Å². The van der Waals surface area contributed by atoms with E-state index in [2.05, 4.69) is 29.2 Å². The number of nitrogens with zero attached hydrogens (tertiary/aromatic N) is 2. The molecule has 32 heavy (non-hydrogen) atoms. The number of hydrogen-bond donors (Lipinski definition) is 0. The van der Waals surface area contributed by atoms with Crippen LogP contribution in [-0.4, -0.2) is 55.0 Å². The maximum atomic E-state index is 12.2. The summed E-state index contributed by atoms with van der Waals surface area (Å²) < 4.78 is 17.5. The summed E-state index contributed by atoms with van der Waals surface area (Å²) in [5, 5.41) is 0. The second-order valence-corrected chi connectivity index (χ2v) is 9.58. The summed E-state index contributed by atoms with van der Waals surface area (Å²) in [5.41, 5.74) is 1.90. The van der Waals surface area contributed by atoms with Crippen LogP contribution in [0.2, 0.25) is 0 Å². The van der Waals surface area contributed by atoms with E-state index in [0.717, 1.165) is 37.4 Å². The highest BCUT2D eigenvalue weighted by Crippen LogP contribution is 2.30. The minimum Gasteiger partial charge on any atom is -0.490 e. The van der Waals surface area contributed by atoms with Crippen molar-refractivity contribution in [2.24, 2.45) is 0 Å². The second-order valence-electron chi connectivity index (χ2n) is 9.58. The van der Waals surface area contributed by atoms with Crippen LogP contribution in [0.1, 0.15) is 39.2 Å². The average Bonchev–Trinajstić information content (AvgIpc) is 2.75. The van der Waals surface area contributed by atoms with Gasteiger partial charge >= 0.3 is 6.09 Å². The quantitative estimate of drug-likeness (QED) is 0.644. The molecule has 1 aliphatic carbocycles. The third-order valence-corrected chi connectivity index (χ3v) is 5.82. The van der Waals surface area contributed by atoms with Gasteiger partial charge in [-0.25, -0.2) is 4.79 Å². The Hall–Kier alpha value is -2.73. The molecule has 1 aliphatic heterocycles. The standard InChI is InChI=1S/C26H34N2O4/c1-26(2,3)32-25(29)28-15-13-27(14-16-28)21-9-11-22(12-10-21)31-24-17-23(18-24)30-19-20-7-5-4-6-8-20/h4-12,23-24H,13-19H2,1-3H3/t23-,24-. The van der Waals surface area contributed by atoms with Gasteiger partial charge in [-0.2, -0.15) is 0 Å². The first-order valence-electron chi connectivity index (χ1n) is 11.5. The van der Waals surface area contributed by atoms with Crippen molar-refractivity contribution in [3.63, 3.8) is 0 Å². The number of piperazine rings is 1. The molecule has 2 aromatic carbocycles. The lowest BCUT2D eigenvalue weighted by Crippen LogP contribution is -2.50. The summed E-state index contributed by atoms with van der Waals surface area (Å²) in [7, 11) is 0. The van der Waals surface area contributed by atoms with Crippen LogP contribution in [0.3, 0.4) is 0 Å². The summed E-state index contributed by atoms with van der Waals surface area (Å²) >= 11 is 0. The first kappa shape index (κ1) is 22.5. The molecule has 0 atom stereocenters. The zero-order valence-corrected chi connectivity index (χ0v) is 19.3. The number of amides is 1. The van der Waals surface area contributed by atoms with Gasteiger partial charge in [0, 0.05) is 44.7 Å². The van der Waals surface area contributed by atoms with E-state index >= 15 is 0 Å². The van der Waals surface area contributed by atoms with E-state index in [9.17, 15) is 4.79 Å². The SMILES string of the molecule is CC(C)(C)OC(=O)N1CCN(c2ccc(O[C@H]3C[C@H](OCc4ccccc4)C3)cc2)CC1. The minimum atomic E-state index is -0.460. The number of carbonyl (C=O) groups is 1. The van der Waals surface area contributed by atoms with Crippen molar-refractivity contribution >= 4 is 11.8 Å². The lowest BCUT2D eigenvalue weighted by Gasteiger charge is -2.37. The second kappa shape index (κ2) is 9.82. The fourth-order valence-electron chi connectivity index (χ4n) is 3.94. The molecule has 172 valence electrons. The molecule has 1 amide bonds. The van der Waals surface area contributed by atoms with Gasteiger partial charge in [-0.1, -0.05) is 30.3 Å². The first-order chi connectivity index (χ1) is 15.4. The molecule has 1 saturated heterocycles. The Balaban J connectivity index is 1.17. The Labute approximate surface area is 191 Å². The molecule has 2 fully saturated rings.